The number of cyclic esters (lactones) is 1. The summed E-state index contributed by atoms with van der Waals surface area (Å²) in [7, 11) is 0. The van der Waals surface area contributed by atoms with Crippen LogP contribution in [-0.2, 0) is 105 Å². The fourth-order valence-corrected chi connectivity index (χ4v) is 9.97. The van der Waals surface area contributed by atoms with E-state index in [1.54, 1.807) is 46.6 Å². The second-order valence-corrected chi connectivity index (χ2v) is 19.1. The van der Waals surface area contributed by atoms with E-state index in [1.807, 2.05) is 6.92 Å². The van der Waals surface area contributed by atoms with E-state index in [0.717, 1.165) is 29.4 Å². The van der Waals surface area contributed by atoms with E-state index in [-0.39, 0.29) is 105 Å². The van der Waals surface area contributed by atoms with E-state index < -0.39 is 17.7 Å². The number of aryl methyl sites for hydroxylation is 1. The summed E-state index contributed by atoms with van der Waals surface area (Å²) < 4.78 is 58.5. The lowest BCUT2D eigenvalue weighted by Crippen LogP contribution is -2.47. The van der Waals surface area contributed by atoms with Crippen LogP contribution < -0.4 is 10.9 Å². The minimum absolute atomic E-state index is 0.0161. The quantitative estimate of drug-likeness (QED) is 0.0355. The molecule has 0 unspecified atom stereocenters. The normalized spacial score (nSPS) is 18.5. The maximum absolute atomic E-state index is 14.0. The molecule has 4 aliphatic rings. The molecular weight excluding hydrogens is 1020 g/mol. The lowest BCUT2D eigenvalue weighted by atomic mass is 9.81. The second kappa shape index (κ2) is 28.3. The summed E-state index contributed by atoms with van der Waals surface area (Å²) in [6.45, 7) is 9.66. The summed E-state index contributed by atoms with van der Waals surface area (Å²) in [5.74, 6) is -1.14. The molecule has 1 atom stereocenters. The van der Waals surface area contributed by atoms with Crippen molar-refractivity contribution in [2.45, 2.75) is 84.2 Å². The minimum Gasteiger partial charge on any atom is -0.508 e. The fraction of sp³-hybridized carbons (Fsp3) is 0.574. The Kier molecular flexibility index (Phi) is 20.9. The van der Waals surface area contributed by atoms with E-state index in [4.69, 9.17) is 52.4 Å². The average molecular weight is 1090 g/mol. The number of hydrogen-bond acceptors (Lipinski definition) is 20. The number of aromatic hydroxyl groups is 1. The number of rotatable bonds is 32. The number of hydrogen-bond donors (Lipinski definition) is 2. The summed E-state index contributed by atoms with van der Waals surface area (Å²) in [6, 6.07) is 6.64. The molecule has 24 heteroatoms. The molecule has 2 N–H and O–H groups in total. The Hall–Kier alpha value is -6.67. The Bertz CT molecular complexity index is 2810. The number of ether oxygens (including phenoxy) is 10. The van der Waals surface area contributed by atoms with Crippen molar-refractivity contribution in [3.63, 3.8) is 0 Å². The number of benzene rings is 1. The highest BCUT2D eigenvalue weighted by Crippen LogP contribution is 2.42. The van der Waals surface area contributed by atoms with Gasteiger partial charge in [-0.15, -0.1) is 5.10 Å². The van der Waals surface area contributed by atoms with Gasteiger partial charge in [-0.25, -0.2) is 19.3 Å². The van der Waals surface area contributed by atoms with Gasteiger partial charge in [0.15, 0.2) is 0 Å². The van der Waals surface area contributed by atoms with E-state index >= 15 is 0 Å². The van der Waals surface area contributed by atoms with Crippen LogP contribution >= 0.6 is 0 Å². The standard InChI is InChI=1S/C54H69N7O17/c1-3-40-41-29-39(62)9-10-45(41)56-49-42(40)34-60-46(49)30-44-43(51(60)66)35-77-52(67)54(44,4-2)78-53(68)76-28-27-75-26-25-74-24-23-73-22-21-72-20-19-71-18-17-70-16-15-69-14-13-59-33-38(57-58-59)31-55-50(65)37-7-5-36(6-8-37)32-61-47(63)11-12-48(61)64/h9-12,29-30,33,36-37,62H,3-8,13-28,31-32,34-35H2,1-2H3,(H,55,65)/t36?,37?,54-/m0/s1. The summed E-state index contributed by atoms with van der Waals surface area (Å²) in [5, 5.41) is 22.2. The summed E-state index contributed by atoms with van der Waals surface area (Å²) in [5.41, 5.74) is 2.36. The molecule has 1 aliphatic carbocycles. The van der Waals surface area contributed by atoms with Crippen molar-refractivity contribution in [1.29, 1.82) is 0 Å². The van der Waals surface area contributed by atoms with Crippen LogP contribution in [0.4, 0.5) is 4.79 Å². The molecule has 0 bridgehead atoms. The maximum atomic E-state index is 14.0. The summed E-state index contributed by atoms with van der Waals surface area (Å²) in [4.78, 5) is 83.0. The van der Waals surface area contributed by atoms with Crippen LogP contribution in [-0.4, -0.2) is 170 Å². The molecule has 0 radical (unpaired) electrons. The highest BCUT2D eigenvalue weighted by Gasteiger charge is 2.51. The number of nitrogens with zero attached hydrogens (tertiary/aromatic N) is 6. The maximum Gasteiger partial charge on any atom is 0.509 e. The number of aromatic nitrogens is 5. The van der Waals surface area contributed by atoms with Crippen molar-refractivity contribution in [3.8, 4) is 17.1 Å². The van der Waals surface area contributed by atoms with Gasteiger partial charge in [-0.05, 0) is 74.3 Å². The molecule has 24 nitrogen and oxygen atoms in total. The first-order valence-corrected chi connectivity index (χ1v) is 26.7. The lowest BCUT2D eigenvalue weighted by Gasteiger charge is -2.35. The van der Waals surface area contributed by atoms with E-state index in [0.29, 0.717) is 128 Å². The molecule has 3 aromatic heterocycles. The summed E-state index contributed by atoms with van der Waals surface area (Å²) >= 11 is 0. The topological polar surface area (TPSA) is 279 Å². The first-order chi connectivity index (χ1) is 38.0. The zero-order valence-corrected chi connectivity index (χ0v) is 44.2. The predicted molar refractivity (Wildman–Crippen MR) is 275 cm³/mol. The van der Waals surface area contributed by atoms with Crippen LogP contribution in [0.1, 0.15) is 73.9 Å². The molecule has 6 heterocycles. The van der Waals surface area contributed by atoms with Crippen molar-refractivity contribution in [3.05, 3.63) is 80.9 Å². The Morgan fingerprint density at radius 2 is 1.37 bits per heavy atom. The third-order valence-corrected chi connectivity index (χ3v) is 14.1. The zero-order valence-electron chi connectivity index (χ0n) is 44.2. The number of amides is 3. The molecule has 4 aromatic rings. The first kappa shape index (κ1) is 57.5. The first-order valence-electron chi connectivity index (χ1n) is 26.7. The van der Waals surface area contributed by atoms with Crippen molar-refractivity contribution in [2.75, 3.05) is 106 Å². The van der Waals surface area contributed by atoms with Gasteiger partial charge in [0.2, 0.25) is 11.5 Å². The van der Waals surface area contributed by atoms with E-state index in [9.17, 15) is 33.9 Å². The Balaban J connectivity index is 0.584. The summed E-state index contributed by atoms with van der Waals surface area (Å²) in [6.07, 6.45) is 6.89. The van der Waals surface area contributed by atoms with Crippen LogP contribution in [0.15, 0.2) is 47.4 Å². The van der Waals surface area contributed by atoms with Crippen molar-refractivity contribution < 1.29 is 76.4 Å². The number of imide groups is 1. The molecule has 1 aromatic carbocycles. The fourth-order valence-electron chi connectivity index (χ4n) is 9.97. The monoisotopic (exact) mass is 1090 g/mol. The average Bonchev–Trinajstić information content (AvgIpc) is 4.35. The molecule has 3 amide bonds. The van der Waals surface area contributed by atoms with Gasteiger partial charge in [0.05, 0.1) is 141 Å². The van der Waals surface area contributed by atoms with Crippen LogP contribution in [0.3, 0.4) is 0 Å². The molecule has 8 rings (SSSR count). The number of fused-ring (bicyclic) bond motifs is 5. The molecule has 78 heavy (non-hydrogen) atoms. The largest absolute Gasteiger partial charge is 0.509 e. The predicted octanol–water partition coefficient (Wildman–Crippen LogP) is 3.26. The van der Waals surface area contributed by atoms with Gasteiger partial charge in [-0.3, -0.25) is 24.1 Å². The molecule has 0 saturated heterocycles. The number of pyridine rings is 2. The third kappa shape index (κ3) is 14.5. The number of phenolic OH excluding ortho intramolecular Hbond substituents is 1. The van der Waals surface area contributed by atoms with Crippen LogP contribution in [0.5, 0.6) is 5.75 Å². The Morgan fingerprint density at radius 3 is 1.97 bits per heavy atom. The molecule has 0 spiro atoms. The van der Waals surface area contributed by atoms with Gasteiger partial charge >= 0.3 is 12.1 Å². The lowest BCUT2D eigenvalue weighted by molar-refractivity contribution is -0.175. The van der Waals surface area contributed by atoms with Crippen molar-refractivity contribution in [2.24, 2.45) is 11.8 Å². The van der Waals surface area contributed by atoms with Gasteiger partial charge in [0.1, 0.15) is 24.7 Å². The number of phenols is 1. The Labute approximate surface area is 450 Å². The molecule has 1 fully saturated rings. The molecular formula is C54H69N7O17. The van der Waals surface area contributed by atoms with Crippen LogP contribution in [0.2, 0.25) is 0 Å². The highest BCUT2D eigenvalue weighted by atomic mass is 16.7. The Morgan fingerprint density at radius 1 is 0.769 bits per heavy atom. The number of esters is 1. The smallest absolute Gasteiger partial charge is 0.508 e. The second-order valence-electron chi connectivity index (χ2n) is 19.1. The SMILES string of the molecule is CCc1c2c(nc3ccc(O)cc13)-c1cc3c(c(=O)n1C2)COC(=O)[C@@]3(CC)OC(=O)OCCOCCOCCOCCOCCOCCOCCOCCn1cc(CNC(=O)C2CCC(CN3C(=O)C=CC3=O)CC2)nn1. The number of carbonyl (C=O) groups is 5. The van der Waals surface area contributed by atoms with Crippen LogP contribution in [0, 0.1) is 11.8 Å². The van der Waals surface area contributed by atoms with E-state index in [1.165, 1.54) is 17.1 Å². The van der Waals surface area contributed by atoms with Gasteiger partial charge in [-0.2, -0.15) is 0 Å². The van der Waals surface area contributed by atoms with Crippen molar-refractivity contribution >= 4 is 40.7 Å². The van der Waals surface area contributed by atoms with Crippen molar-refractivity contribution in [1.82, 2.24) is 34.8 Å². The third-order valence-electron chi connectivity index (χ3n) is 14.1. The number of carbonyl (C=O) groups excluding carboxylic acids is 5. The van der Waals surface area contributed by atoms with Gasteiger partial charge in [0.25, 0.3) is 17.4 Å². The molecule has 1 saturated carbocycles. The zero-order chi connectivity index (χ0) is 54.9. The van der Waals surface area contributed by atoms with Gasteiger partial charge in [0, 0.05) is 41.1 Å². The minimum atomic E-state index is -1.92. The number of nitrogens with one attached hydrogen (secondary N) is 1. The van der Waals surface area contributed by atoms with Gasteiger partial charge in [-0.1, -0.05) is 19.1 Å². The van der Waals surface area contributed by atoms with E-state index in [2.05, 4.69) is 15.6 Å². The molecule has 422 valence electrons. The molecule has 3 aliphatic heterocycles. The van der Waals surface area contributed by atoms with Gasteiger partial charge < -0.3 is 62.4 Å². The van der Waals surface area contributed by atoms with Crippen LogP contribution in [0.25, 0.3) is 22.3 Å². The highest BCUT2D eigenvalue weighted by molar-refractivity contribution is 6.12.